The summed E-state index contributed by atoms with van der Waals surface area (Å²) in [6, 6.07) is 5.67. The van der Waals surface area contributed by atoms with Crippen molar-refractivity contribution in [1.29, 1.82) is 0 Å². The van der Waals surface area contributed by atoms with E-state index in [2.05, 4.69) is 60.1 Å². The monoisotopic (exact) mass is 463 g/mol. The van der Waals surface area contributed by atoms with Crippen molar-refractivity contribution in [2.75, 3.05) is 0 Å². The number of hydrogen-bond donors (Lipinski definition) is 2. The smallest absolute Gasteiger partial charge is 0.142 e. The standard InChI is InChI=1S/C12H7I2N3O/c13-6-3-7(11(18)8(14)4-6)12-16-9-1-2-15-5-10(9)17-12/h1-5,18H,(H,16,17). The van der Waals surface area contributed by atoms with Crippen molar-refractivity contribution in [1.82, 2.24) is 15.0 Å². The van der Waals surface area contributed by atoms with E-state index in [1.807, 2.05) is 18.2 Å². The van der Waals surface area contributed by atoms with Crippen LogP contribution < -0.4 is 0 Å². The fraction of sp³-hybridized carbons (Fsp3) is 0. The SMILES string of the molecule is Oc1c(I)cc(I)cc1-c1nc2ccncc2[nH]1. The largest absolute Gasteiger partial charge is 0.506 e. The molecule has 90 valence electrons. The summed E-state index contributed by atoms with van der Waals surface area (Å²) in [5.41, 5.74) is 2.41. The molecule has 2 heterocycles. The fourth-order valence-electron chi connectivity index (χ4n) is 1.73. The number of halogens is 2. The zero-order valence-corrected chi connectivity index (χ0v) is 13.3. The number of hydrogen-bond acceptors (Lipinski definition) is 3. The van der Waals surface area contributed by atoms with Crippen LogP contribution in [-0.4, -0.2) is 20.1 Å². The van der Waals surface area contributed by atoms with Crippen LogP contribution in [0.2, 0.25) is 0 Å². The van der Waals surface area contributed by atoms with E-state index in [-0.39, 0.29) is 5.75 Å². The van der Waals surface area contributed by atoms with Gasteiger partial charge in [0.1, 0.15) is 11.6 Å². The van der Waals surface area contributed by atoms with Crippen molar-refractivity contribution in [3.8, 4) is 17.1 Å². The fourth-order valence-corrected chi connectivity index (χ4v) is 3.58. The highest BCUT2D eigenvalue weighted by Crippen LogP contribution is 2.34. The van der Waals surface area contributed by atoms with Gasteiger partial charge in [0, 0.05) is 9.77 Å². The molecule has 0 spiro atoms. The maximum Gasteiger partial charge on any atom is 0.142 e. The number of aromatic hydroxyl groups is 1. The molecule has 3 rings (SSSR count). The summed E-state index contributed by atoms with van der Waals surface area (Å²) in [4.78, 5) is 11.7. The summed E-state index contributed by atoms with van der Waals surface area (Å²) >= 11 is 4.34. The maximum atomic E-state index is 10.1. The Kier molecular flexibility index (Phi) is 3.14. The Labute approximate surface area is 130 Å². The molecule has 18 heavy (non-hydrogen) atoms. The zero-order valence-electron chi connectivity index (χ0n) is 8.98. The van der Waals surface area contributed by atoms with Gasteiger partial charge in [-0.25, -0.2) is 4.98 Å². The van der Waals surface area contributed by atoms with Crippen LogP contribution in [0.5, 0.6) is 5.75 Å². The third-order valence-corrected chi connectivity index (χ3v) is 4.01. The van der Waals surface area contributed by atoms with E-state index in [1.165, 1.54) is 0 Å². The average Bonchev–Trinajstić information content (AvgIpc) is 2.77. The summed E-state index contributed by atoms with van der Waals surface area (Å²) in [6.07, 6.45) is 3.42. The van der Waals surface area contributed by atoms with E-state index in [4.69, 9.17) is 0 Å². The van der Waals surface area contributed by atoms with Crippen molar-refractivity contribution in [3.05, 3.63) is 37.7 Å². The highest BCUT2D eigenvalue weighted by atomic mass is 127. The van der Waals surface area contributed by atoms with E-state index >= 15 is 0 Å². The van der Waals surface area contributed by atoms with Gasteiger partial charge in [-0.1, -0.05) is 0 Å². The number of imidazole rings is 1. The van der Waals surface area contributed by atoms with Crippen molar-refractivity contribution in [2.24, 2.45) is 0 Å². The van der Waals surface area contributed by atoms with Gasteiger partial charge < -0.3 is 10.1 Å². The number of nitrogens with zero attached hydrogens (tertiary/aromatic N) is 2. The Hall–Kier alpha value is -0.900. The summed E-state index contributed by atoms with van der Waals surface area (Å²) in [6.45, 7) is 0. The number of H-pyrrole nitrogens is 1. The Morgan fingerprint density at radius 1 is 1.22 bits per heavy atom. The van der Waals surface area contributed by atoms with Gasteiger partial charge in [-0.2, -0.15) is 0 Å². The molecule has 0 aliphatic carbocycles. The first-order valence-electron chi connectivity index (χ1n) is 5.13. The average molecular weight is 463 g/mol. The molecule has 1 aromatic carbocycles. The van der Waals surface area contributed by atoms with Gasteiger partial charge in [0.05, 0.1) is 26.4 Å². The van der Waals surface area contributed by atoms with E-state index in [0.717, 1.165) is 18.2 Å². The number of benzene rings is 1. The number of aromatic nitrogens is 3. The maximum absolute atomic E-state index is 10.1. The predicted octanol–water partition coefficient (Wildman–Crippen LogP) is 3.54. The third-order valence-electron chi connectivity index (χ3n) is 2.57. The minimum Gasteiger partial charge on any atom is -0.506 e. The first-order chi connectivity index (χ1) is 8.65. The molecule has 0 aliphatic rings. The van der Waals surface area contributed by atoms with E-state index in [9.17, 15) is 5.11 Å². The molecule has 6 heteroatoms. The lowest BCUT2D eigenvalue weighted by atomic mass is 10.2. The molecule has 0 atom stereocenters. The van der Waals surface area contributed by atoms with Crippen LogP contribution in [0.4, 0.5) is 0 Å². The summed E-state index contributed by atoms with van der Waals surface area (Å²) in [5, 5.41) is 10.1. The summed E-state index contributed by atoms with van der Waals surface area (Å²) in [5.74, 6) is 0.912. The van der Waals surface area contributed by atoms with Gasteiger partial charge in [0.15, 0.2) is 0 Å². The van der Waals surface area contributed by atoms with Crippen LogP contribution in [0.1, 0.15) is 0 Å². The summed E-state index contributed by atoms with van der Waals surface area (Å²) < 4.78 is 1.87. The normalized spacial score (nSPS) is 11.0. The molecular weight excluding hydrogens is 456 g/mol. The van der Waals surface area contributed by atoms with E-state index in [1.54, 1.807) is 12.4 Å². The van der Waals surface area contributed by atoms with Crippen molar-refractivity contribution in [2.45, 2.75) is 0 Å². The van der Waals surface area contributed by atoms with Gasteiger partial charge in [-0.05, 0) is 63.4 Å². The molecule has 0 aliphatic heterocycles. The highest BCUT2D eigenvalue weighted by molar-refractivity contribution is 14.1. The minimum absolute atomic E-state index is 0.253. The molecule has 3 aromatic rings. The van der Waals surface area contributed by atoms with Crippen LogP contribution in [0, 0.1) is 7.14 Å². The topological polar surface area (TPSA) is 61.8 Å². The van der Waals surface area contributed by atoms with Crippen LogP contribution >= 0.6 is 45.2 Å². The van der Waals surface area contributed by atoms with Gasteiger partial charge >= 0.3 is 0 Å². The lowest BCUT2D eigenvalue weighted by Gasteiger charge is -2.04. The second-order valence-electron chi connectivity index (χ2n) is 3.76. The molecule has 0 amide bonds. The number of aromatic amines is 1. The van der Waals surface area contributed by atoms with Gasteiger partial charge in [0.25, 0.3) is 0 Å². The Balaban J connectivity index is 2.26. The number of rotatable bonds is 1. The van der Waals surface area contributed by atoms with E-state index < -0.39 is 0 Å². The zero-order chi connectivity index (χ0) is 12.7. The molecule has 0 unspecified atom stereocenters. The molecule has 2 aromatic heterocycles. The lowest BCUT2D eigenvalue weighted by molar-refractivity contribution is 0.473. The quantitative estimate of drug-likeness (QED) is 0.544. The molecule has 0 bridgehead atoms. The molecular formula is C12H7I2N3O. The molecule has 2 N–H and O–H groups in total. The number of phenolic OH excluding ortho intramolecular Hbond substituents is 1. The van der Waals surface area contributed by atoms with Crippen LogP contribution in [0.3, 0.4) is 0 Å². The van der Waals surface area contributed by atoms with Crippen LogP contribution in [0.25, 0.3) is 22.4 Å². The Bertz CT molecular complexity index is 706. The third kappa shape index (κ3) is 2.07. The van der Waals surface area contributed by atoms with Crippen molar-refractivity contribution >= 4 is 56.2 Å². The number of phenols is 1. The predicted molar refractivity (Wildman–Crippen MR) is 86.4 cm³/mol. The first-order valence-corrected chi connectivity index (χ1v) is 7.29. The lowest BCUT2D eigenvalue weighted by Crippen LogP contribution is -1.86. The molecule has 0 saturated heterocycles. The molecule has 0 saturated carbocycles. The minimum atomic E-state index is 0.253. The second-order valence-corrected chi connectivity index (χ2v) is 6.17. The Morgan fingerprint density at radius 3 is 2.83 bits per heavy atom. The van der Waals surface area contributed by atoms with Crippen molar-refractivity contribution in [3.63, 3.8) is 0 Å². The molecule has 0 fully saturated rings. The first kappa shape index (κ1) is 12.2. The highest BCUT2D eigenvalue weighted by Gasteiger charge is 2.13. The van der Waals surface area contributed by atoms with Gasteiger partial charge in [-0.15, -0.1) is 0 Å². The second kappa shape index (κ2) is 4.65. The molecule has 0 radical (unpaired) electrons. The number of pyridine rings is 1. The number of fused-ring (bicyclic) bond motifs is 1. The van der Waals surface area contributed by atoms with Gasteiger partial charge in [-0.3, -0.25) is 4.98 Å². The van der Waals surface area contributed by atoms with E-state index in [0.29, 0.717) is 11.4 Å². The van der Waals surface area contributed by atoms with Crippen LogP contribution in [-0.2, 0) is 0 Å². The molecule has 4 nitrogen and oxygen atoms in total. The summed E-state index contributed by atoms with van der Waals surface area (Å²) in [7, 11) is 0. The van der Waals surface area contributed by atoms with Gasteiger partial charge in [0.2, 0.25) is 0 Å². The van der Waals surface area contributed by atoms with Crippen molar-refractivity contribution < 1.29 is 5.11 Å². The van der Waals surface area contributed by atoms with Crippen LogP contribution in [0.15, 0.2) is 30.6 Å². The Morgan fingerprint density at radius 2 is 2.06 bits per heavy atom. The number of nitrogens with one attached hydrogen (secondary N) is 1.